The van der Waals surface area contributed by atoms with Crippen LogP contribution in [0, 0.1) is 5.92 Å². The summed E-state index contributed by atoms with van der Waals surface area (Å²) in [4.78, 5) is 16.2. The van der Waals surface area contributed by atoms with Crippen LogP contribution in [0.15, 0.2) is 24.3 Å². The van der Waals surface area contributed by atoms with Crippen molar-refractivity contribution in [3.05, 3.63) is 24.3 Å². The lowest BCUT2D eigenvalue weighted by molar-refractivity contribution is -0.892. The lowest BCUT2D eigenvalue weighted by Gasteiger charge is -2.35. The minimum Gasteiger partial charge on any atom is -0.492 e. The Balaban J connectivity index is 1.47. The minimum absolute atomic E-state index is 0.224. The van der Waals surface area contributed by atoms with Crippen LogP contribution in [-0.2, 0) is 4.79 Å². The van der Waals surface area contributed by atoms with E-state index in [9.17, 15) is 4.79 Å². The van der Waals surface area contributed by atoms with Crippen LogP contribution in [0.25, 0.3) is 0 Å². The van der Waals surface area contributed by atoms with Crippen LogP contribution in [-0.4, -0.2) is 51.3 Å². The van der Waals surface area contributed by atoms with Crippen molar-refractivity contribution in [3.8, 4) is 5.75 Å². The highest BCUT2D eigenvalue weighted by atomic mass is 16.5. The summed E-state index contributed by atoms with van der Waals surface area (Å²) in [5, 5.41) is 3.29. The number of rotatable bonds is 6. The lowest BCUT2D eigenvalue weighted by Crippen LogP contribution is -3.16. The second-order valence-corrected chi connectivity index (χ2v) is 7.75. The van der Waals surface area contributed by atoms with Crippen molar-refractivity contribution >= 4 is 11.6 Å². The van der Waals surface area contributed by atoms with Crippen LogP contribution in [0.5, 0.6) is 5.75 Å². The number of hydrogen-bond donors (Lipinski definition) is 2. The topological polar surface area (TPSA) is 46.0 Å². The fraction of sp³-hybridized carbons (Fsp3) is 0.667. The molecule has 0 radical (unpaired) electrons. The Kier molecular flexibility index (Phi) is 6.78. The van der Waals surface area contributed by atoms with Gasteiger partial charge in [0, 0.05) is 6.04 Å². The van der Waals surface area contributed by atoms with Gasteiger partial charge in [-0.15, -0.1) is 0 Å². The van der Waals surface area contributed by atoms with E-state index in [1.165, 1.54) is 29.8 Å². The van der Waals surface area contributed by atoms with E-state index in [0.29, 0.717) is 25.1 Å². The molecule has 2 N–H and O–H groups in total. The first-order chi connectivity index (χ1) is 12.7. The van der Waals surface area contributed by atoms with Gasteiger partial charge in [0.15, 0.2) is 6.54 Å². The first kappa shape index (κ1) is 19.0. The Hall–Kier alpha value is -1.75. The highest BCUT2D eigenvalue weighted by molar-refractivity contribution is 5.77. The monoisotopic (exact) mass is 360 g/mol. The number of nitrogens with one attached hydrogen (secondary N) is 2. The van der Waals surface area contributed by atoms with E-state index in [4.69, 9.17) is 4.74 Å². The summed E-state index contributed by atoms with van der Waals surface area (Å²) in [5.41, 5.74) is 1.17. The number of carbonyl (C=O) groups excluding carboxylic acids is 1. The average Bonchev–Trinajstić information content (AvgIpc) is 2.65. The van der Waals surface area contributed by atoms with Crippen molar-refractivity contribution in [2.45, 2.75) is 45.6 Å². The van der Waals surface area contributed by atoms with E-state index in [0.717, 1.165) is 38.3 Å². The fourth-order valence-electron chi connectivity index (χ4n) is 4.25. The zero-order valence-corrected chi connectivity index (χ0v) is 16.3. The van der Waals surface area contributed by atoms with Gasteiger partial charge >= 0.3 is 0 Å². The first-order valence-corrected chi connectivity index (χ1v) is 10.3. The first-order valence-electron chi connectivity index (χ1n) is 10.3. The van der Waals surface area contributed by atoms with Gasteiger partial charge in [-0.1, -0.05) is 31.9 Å². The minimum atomic E-state index is 0.224. The molecule has 1 aromatic carbocycles. The zero-order chi connectivity index (χ0) is 18.4. The third kappa shape index (κ3) is 4.91. The maximum Gasteiger partial charge on any atom is 0.275 e. The van der Waals surface area contributed by atoms with Crippen molar-refractivity contribution < 1.29 is 14.4 Å². The van der Waals surface area contributed by atoms with Crippen LogP contribution in [0.4, 0.5) is 5.69 Å². The average molecular weight is 361 g/mol. The third-order valence-electron chi connectivity index (χ3n) is 5.84. The molecule has 5 heteroatoms. The van der Waals surface area contributed by atoms with Crippen LogP contribution in [0.2, 0.25) is 0 Å². The molecule has 2 fully saturated rings. The maximum atomic E-state index is 12.5. The van der Waals surface area contributed by atoms with Crippen molar-refractivity contribution in [2.75, 3.05) is 44.2 Å². The van der Waals surface area contributed by atoms with Crippen LogP contribution >= 0.6 is 0 Å². The predicted molar refractivity (Wildman–Crippen MR) is 105 cm³/mol. The summed E-state index contributed by atoms with van der Waals surface area (Å²) in [5.74, 6) is 1.80. The Bertz CT molecular complexity index is 584. The second-order valence-electron chi connectivity index (χ2n) is 7.75. The SMILES string of the molecule is CCOc1ccccc1N1CC[NH+](CC(=O)N[C@@H]2CCCC[C@H]2C)CC1. The molecule has 0 spiro atoms. The molecule has 0 unspecified atom stereocenters. The Morgan fingerprint density at radius 2 is 1.96 bits per heavy atom. The summed E-state index contributed by atoms with van der Waals surface area (Å²) >= 11 is 0. The van der Waals surface area contributed by atoms with Gasteiger partial charge in [-0.25, -0.2) is 0 Å². The van der Waals surface area contributed by atoms with Crippen LogP contribution < -0.4 is 19.9 Å². The van der Waals surface area contributed by atoms with Gasteiger partial charge in [-0.2, -0.15) is 0 Å². The number of piperazine rings is 1. The van der Waals surface area contributed by atoms with Crippen molar-refractivity contribution in [3.63, 3.8) is 0 Å². The third-order valence-corrected chi connectivity index (χ3v) is 5.84. The van der Waals surface area contributed by atoms with E-state index >= 15 is 0 Å². The van der Waals surface area contributed by atoms with Crippen LogP contribution in [0.1, 0.15) is 39.5 Å². The number of para-hydroxylation sites is 2. The van der Waals surface area contributed by atoms with Gasteiger partial charge in [0.2, 0.25) is 0 Å². The molecule has 3 rings (SSSR count). The van der Waals surface area contributed by atoms with Crippen molar-refractivity contribution in [1.29, 1.82) is 0 Å². The van der Waals surface area contributed by atoms with Gasteiger partial charge < -0.3 is 19.9 Å². The van der Waals surface area contributed by atoms with Gasteiger partial charge in [0.1, 0.15) is 5.75 Å². The number of benzene rings is 1. The number of nitrogens with zero attached hydrogens (tertiary/aromatic N) is 1. The summed E-state index contributed by atoms with van der Waals surface area (Å²) in [6, 6.07) is 8.64. The van der Waals surface area contributed by atoms with Gasteiger partial charge in [0.05, 0.1) is 38.5 Å². The smallest absolute Gasteiger partial charge is 0.275 e. The van der Waals surface area contributed by atoms with Crippen molar-refractivity contribution in [2.24, 2.45) is 5.92 Å². The summed E-state index contributed by atoms with van der Waals surface area (Å²) in [6.45, 7) is 9.49. The molecule has 1 aliphatic heterocycles. The quantitative estimate of drug-likeness (QED) is 0.808. The molecule has 0 bridgehead atoms. The van der Waals surface area contributed by atoms with E-state index in [2.05, 4.69) is 29.3 Å². The van der Waals surface area contributed by atoms with E-state index < -0.39 is 0 Å². The molecule has 1 aromatic rings. The van der Waals surface area contributed by atoms with Crippen LogP contribution in [0.3, 0.4) is 0 Å². The summed E-state index contributed by atoms with van der Waals surface area (Å²) < 4.78 is 5.76. The standard InChI is InChI=1S/C21H33N3O2/c1-3-26-20-11-7-6-10-19(20)24-14-12-23(13-15-24)16-21(25)22-18-9-5-4-8-17(18)2/h6-7,10-11,17-18H,3-5,8-9,12-16H2,1-2H3,(H,22,25)/p+1/t17-,18-/m1/s1. The molecule has 26 heavy (non-hydrogen) atoms. The molecule has 1 saturated heterocycles. The number of anilines is 1. The molecule has 1 aliphatic carbocycles. The highest BCUT2D eigenvalue weighted by Crippen LogP contribution is 2.27. The highest BCUT2D eigenvalue weighted by Gasteiger charge is 2.27. The number of amides is 1. The number of carbonyl (C=O) groups is 1. The largest absolute Gasteiger partial charge is 0.492 e. The van der Waals surface area contributed by atoms with Crippen molar-refractivity contribution in [1.82, 2.24) is 5.32 Å². The number of quaternary nitrogens is 1. The molecule has 1 heterocycles. The molecule has 2 aliphatic rings. The van der Waals surface area contributed by atoms with Gasteiger partial charge in [0.25, 0.3) is 5.91 Å². The molecular formula is C21H34N3O2+. The van der Waals surface area contributed by atoms with Gasteiger partial charge in [-0.05, 0) is 37.8 Å². The maximum absolute atomic E-state index is 12.5. The summed E-state index contributed by atoms with van der Waals surface area (Å²) in [6.07, 6.45) is 4.95. The molecule has 1 amide bonds. The summed E-state index contributed by atoms with van der Waals surface area (Å²) in [7, 11) is 0. The molecule has 0 aromatic heterocycles. The zero-order valence-electron chi connectivity index (χ0n) is 16.3. The lowest BCUT2D eigenvalue weighted by atomic mass is 9.86. The fourth-order valence-corrected chi connectivity index (χ4v) is 4.25. The predicted octanol–water partition coefficient (Wildman–Crippen LogP) is 1.49. The molecule has 144 valence electrons. The number of hydrogen-bond acceptors (Lipinski definition) is 3. The molecule has 5 nitrogen and oxygen atoms in total. The number of ether oxygens (including phenoxy) is 1. The molecule has 2 atom stereocenters. The Morgan fingerprint density at radius 3 is 2.69 bits per heavy atom. The molecular weight excluding hydrogens is 326 g/mol. The molecule has 1 saturated carbocycles. The Labute approximate surface area is 157 Å². The van der Waals surface area contributed by atoms with E-state index in [-0.39, 0.29) is 5.91 Å². The second kappa shape index (κ2) is 9.26. The Morgan fingerprint density at radius 1 is 1.23 bits per heavy atom. The van der Waals surface area contributed by atoms with Gasteiger partial charge in [-0.3, -0.25) is 4.79 Å². The normalized spacial score (nSPS) is 24.3. The van der Waals surface area contributed by atoms with E-state index in [1.54, 1.807) is 0 Å². The van der Waals surface area contributed by atoms with E-state index in [1.807, 2.05) is 19.1 Å².